The molecule has 2 N–H and O–H groups in total. The average Bonchev–Trinajstić information content (AvgIpc) is 2.46. The number of aromatic nitrogens is 2. The lowest BCUT2D eigenvalue weighted by atomic mass is 10.1. The summed E-state index contributed by atoms with van der Waals surface area (Å²) in [6.45, 7) is 0. The highest BCUT2D eigenvalue weighted by molar-refractivity contribution is 5.83. The number of rotatable bonds is 2. The topological polar surface area (TPSA) is 66.6 Å². The molecule has 100 valence electrons. The Morgan fingerprint density at radius 3 is 2.65 bits per heavy atom. The first kappa shape index (κ1) is 14.0. The molecule has 0 amide bonds. The Hall–Kier alpha value is -2.38. The van der Waals surface area contributed by atoms with Crippen molar-refractivity contribution < 1.29 is 17.1 Å². The Balaban J connectivity index is 0.00000147. The average molecular weight is 285 g/mol. The van der Waals surface area contributed by atoms with Crippen LogP contribution in [0.1, 0.15) is 12.0 Å². The van der Waals surface area contributed by atoms with Crippen molar-refractivity contribution in [3.8, 4) is 6.07 Å². The molecular formula is C15H13ClN4. The fourth-order valence-corrected chi connectivity index (χ4v) is 2.31. The van der Waals surface area contributed by atoms with Gasteiger partial charge in [0.15, 0.2) is 0 Å². The molecule has 0 aliphatic carbocycles. The second kappa shape index (κ2) is 5.72. The fraction of sp³-hybridized carbons (Fsp3) is 0.133. The second-order valence-electron chi connectivity index (χ2n) is 4.41. The van der Waals surface area contributed by atoms with Crippen LogP contribution < -0.4 is 22.9 Å². The highest BCUT2D eigenvalue weighted by Gasteiger charge is 2.15. The largest absolute Gasteiger partial charge is 1.00 e. The molecule has 0 atom stereocenters. The number of nitriles is 1. The maximum atomic E-state index is 8.73. The third-order valence-electron chi connectivity index (χ3n) is 3.24. The van der Waals surface area contributed by atoms with Gasteiger partial charge in [-0.05, 0) is 18.1 Å². The zero-order chi connectivity index (χ0) is 13.2. The molecule has 0 aliphatic heterocycles. The number of fused-ring (bicyclic) bond motifs is 2. The Morgan fingerprint density at radius 1 is 1.10 bits per heavy atom. The maximum Gasteiger partial charge on any atom is 0.261 e. The molecule has 0 saturated heterocycles. The minimum absolute atomic E-state index is 0. The van der Waals surface area contributed by atoms with Gasteiger partial charge in [-0.25, -0.2) is 10.8 Å². The van der Waals surface area contributed by atoms with Gasteiger partial charge in [0, 0.05) is 18.6 Å². The summed E-state index contributed by atoms with van der Waals surface area (Å²) < 4.78 is 1.66. The highest BCUT2D eigenvalue weighted by atomic mass is 35.5. The molecular weight excluding hydrogens is 272 g/mol. The minimum Gasteiger partial charge on any atom is -1.00 e. The van der Waals surface area contributed by atoms with Crippen molar-refractivity contribution in [3.05, 3.63) is 48.0 Å². The van der Waals surface area contributed by atoms with Crippen molar-refractivity contribution in [3.63, 3.8) is 0 Å². The van der Waals surface area contributed by atoms with Crippen LogP contribution in [-0.4, -0.2) is 4.98 Å². The number of hydrogen-bond donors (Lipinski definition) is 1. The van der Waals surface area contributed by atoms with Gasteiger partial charge < -0.3 is 12.4 Å². The molecule has 0 unspecified atom stereocenters. The summed E-state index contributed by atoms with van der Waals surface area (Å²) >= 11 is 0. The van der Waals surface area contributed by atoms with E-state index in [1.54, 1.807) is 4.68 Å². The van der Waals surface area contributed by atoms with Gasteiger partial charge in [0.2, 0.25) is 0 Å². The minimum atomic E-state index is 0. The van der Waals surface area contributed by atoms with Crippen LogP contribution in [0.5, 0.6) is 0 Å². The molecule has 3 rings (SSSR count). The molecule has 5 heteroatoms. The molecule has 20 heavy (non-hydrogen) atoms. The van der Waals surface area contributed by atoms with Crippen molar-refractivity contribution in [2.45, 2.75) is 12.8 Å². The lowest BCUT2D eigenvalue weighted by Gasteiger charge is -2.04. The van der Waals surface area contributed by atoms with Gasteiger partial charge >= 0.3 is 0 Å². The molecule has 1 heterocycles. The Kier molecular flexibility index (Phi) is 4.02. The third kappa shape index (κ3) is 2.24. The summed E-state index contributed by atoms with van der Waals surface area (Å²) in [6.07, 6.45) is 1.18. The van der Waals surface area contributed by atoms with Crippen LogP contribution in [-0.2, 0) is 6.42 Å². The molecule has 0 radical (unpaired) electrons. The molecule has 0 fully saturated rings. The predicted molar refractivity (Wildman–Crippen MR) is 73.5 cm³/mol. The number of halogens is 1. The lowest BCUT2D eigenvalue weighted by molar-refractivity contribution is -0.583. The van der Waals surface area contributed by atoms with E-state index < -0.39 is 0 Å². The fourth-order valence-electron chi connectivity index (χ4n) is 2.31. The van der Waals surface area contributed by atoms with E-state index >= 15 is 0 Å². The van der Waals surface area contributed by atoms with Gasteiger partial charge in [-0.1, -0.05) is 28.9 Å². The summed E-state index contributed by atoms with van der Waals surface area (Å²) in [4.78, 5) is 4.68. The monoisotopic (exact) mass is 284 g/mol. The van der Waals surface area contributed by atoms with Crippen LogP contribution in [0.4, 0.5) is 0 Å². The number of para-hydroxylation sites is 3. The van der Waals surface area contributed by atoms with Crippen LogP contribution in [0.2, 0.25) is 0 Å². The SMILES string of the molecule is N#CCCc1cccc2c1nc1ccccc1[n+]2N.[Cl-]. The smallest absolute Gasteiger partial charge is 0.261 e. The molecule has 4 nitrogen and oxygen atoms in total. The zero-order valence-corrected chi connectivity index (χ0v) is 11.5. The number of benzene rings is 2. The van der Waals surface area contributed by atoms with Crippen molar-refractivity contribution in [1.82, 2.24) is 4.98 Å². The molecule has 2 aromatic carbocycles. The second-order valence-corrected chi connectivity index (χ2v) is 4.41. The van der Waals surface area contributed by atoms with E-state index in [1.807, 2.05) is 42.5 Å². The number of nitrogens with zero attached hydrogens (tertiary/aromatic N) is 3. The van der Waals surface area contributed by atoms with Crippen LogP contribution in [0, 0.1) is 11.3 Å². The third-order valence-corrected chi connectivity index (χ3v) is 3.24. The molecule has 1 aromatic heterocycles. The normalized spacial score (nSPS) is 10.2. The maximum absolute atomic E-state index is 8.73. The van der Waals surface area contributed by atoms with Crippen molar-refractivity contribution >= 4 is 22.1 Å². The highest BCUT2D eigenvalue weighted by Crippen LogP contribution is 2.18. The van der Waals surface area contributed by atoms with E-state index in [4.69, 9.17) is 11.1 Å². The predicted octanol–water partition coefficient (Wildman–Crippen LogP) is -1.15. The van der Waals surface area contributed by atoms with Crippen LogP contribution in [0.15, 0.2) is 42.5 Å². The number of nitrogens with two attached hydrogens (primary N) is 1. The van der Waals surface area contributed by atoms with Crippen molar-refractivity contribution in [2.75, 3.05) is 5.84 Å². The van der Waals surface area contributed by atoms with Gasteiger partial charge in [-0.3, -0.25) is 0 Å². The molecule has 0 spiro atoms. The van der Waals surface area contributed by atoms with Gasteiger partial charge in [-0.15, -0.1) is 0 Å². The Morgan fingerprint density at radius 2 is 1.85 bits per heavy atom. The summed E-state index contributed by atoms with van der Waals surface area (Å²) in [5, 5.41) is 8.73. The molecule has 0 aliphatic rings. The Labute approximate surface area is 122 Å². The summed E-state index contributed by atoms with van der Waals surface area (Å²) in [5.74, 6) is 6.16. The zero-order valence-electron chi connectivity index (χ0n) is 10.8. The molecule has 3 aromatic rings. The molecule has 0 bridgehead atoms. The van der Waals surface area contributed by atoms with Crippen LogP contribution >= 0.6 is 0 Å². The van der Waals surface area contributed by atoms with Gasteiger partial charge in [0.25, 0.3) is 11.0 Å². The summed E-state index contributed by atoms with van der Waals surface area (Å²) in [6, 6.07) is 15.8. The van der Waals surface area contributed by atoms with Gasteiger partial charge in [-0.2, -0.15) is 5.26 Å². The van der Waals surface area contributed by atoms with E-state index in [1.165, 1.54) is 0 Å². The first-order chi connectivity index (χ1) is 9.31. The Bertz CT molecular complexity index is 808. The number of aryl methyl sites for hydroxylation is 1. The summed E-state index contributed by atoms with van der Waals surface area (Å²) in [5.41, 5.74) is 4.58. The summed E-state index contributed by atoms with van der Waals surface area (Å²) in [7, 11) is 0. The first-order valence-electron chi connectivity index (χ1n) is 6.15. The van der Waals surface area contributed by atoms with Gasteiger partial charge in [0.1, 0.15) is 11.0 Å². The van der Waals surface area contributed by atoms with E-state index in [0.717, 1.165) is 27.6 Å². The van der Waals surface area contributed by atoms with E-state index in [2.05, 4.69) is 11.1 Å². The quantitative estimate of drug-likeness (QED) is 0.367. The van der Waals surface area contributed by atoms with Gasteiger partial charge in [0.05, 0.1) is 6.07 Å². The molecule has 0 saturated carbocycles. The van der Waals surface area contributed by atoms with Crippen molar-refractivity contribution in [2.24, 2.45) is 0 Å². The van der Waals surface area contributed by atoms with Crippen LogP contribution in [0.3, 0.4) is 0 Å². The van der Waals surface area contributed by atoms with E-state index in [9.17, 15) is 0 Å². The number of hydrogen-bond acceptors (Lipinski definition) is 3. The van der Waals surface area contributed by atoms with E-state index in [0.29, 0.717) is 12.8 Å². The van der Waals surface area contributed by atoms with Crippen molar-refractivity contribution in [1.29, 1.82) is 5.26 Å². The number of nitrogen functional groups attached to an aromatic ring is 1. The first-order valence-corrected chi connectivity index (χ1v) is 6.15. The standard InChI is InChI=1S/C15H13N4.ClH/c16-10-4-6-11-5-3-9-14-15(11)18-12-7-1-2-8-13(12)19(14)17;/h1-3,5,7-9H,4,6H2,(H2,17,18);1H/q+1;/p-1. The lowest BCUT2D eigenvalue weighted by Crippen LogP contribution is -3.00. The van der Waals surface area contributed by atoms with E-state index in [-0.39, 0.29) is 12.4 Å². The van der Waals surface area contributed by atoms with Crippen LogP contribution in [0.25, 0.3) is 22.1 Å².